The molecule has 0 amide bonds. The number of hydrogen-bond acceptors (Lipinski definition) is 2. The van der Waals surface area contributed by atoms with Crippen LogP contribution in [0.25, 0.3) is 0 Å². The standard InChI is InChI=1S/C21H28N2/c1-22-15-8-13-20-17-23-16-14-21(20,18-9-4-2-5-10-18)19-11-6-3-7-12-19/h2-7,9-12,20,22-23H,8,13-17H2,1H3. The molecule has 2 nitrogen and oxygen atoms in total. The zero-order chi connectivity index (χ0) is 16.0. The first-order chi connectivity index (χ1) is 11.4. The van der Waals surface area contributed by atoms with Gasteiger partial charge in [-0.25, -0.2) is 0 Å². The summed E-state index contributed by atoms with van der Waals surface area (Å²) in [6.45, 7) is 3.29. The van der Waals surface area contributed by atoms with Crippen molar-refractivity contribution in [2.75, 3.05) is 26.7 Å². The largest absolute Gasteiger partial charge is 0.320 e. The van der Waals surface area contributed by atoms with Gasteiger partial charge in [-0.05, 0) is 63.0 Å². The molecule has 0 aromatic heterocycles. The summed E-state index contributed by atoms with van der Waals surface area (Å²) in [7, 11) is 2.04. The molecule has 1 atom stereocenters. The highest BCUT2D eigenvalue weighted by molar-refractivity contribution is 5.41. The summed E-state index contributed by atoms with van der Waals surface area (Å²) >= 11 is 0. The Kier molecular flexibility index (Phi) is 5.47. The molecule has 0 radical (unpaired) electrons. The number of nitrogens with one attached hydrogen (secondary N) is 2. The highest BCUT2D eigenvalue weighted by Crippen LogP contribution is 2.45. The van der Waals surface area contributed by atoms with Crippen molar-refractivity contribution in [1.29, 1.82) is 0 Å². The third kappa shape index (κ3) is 3.34. The van der Waals surface area contributed by atoms with Crippen molar-refractivity contribution >= 4 is 0 Å². The molecule has 0 aliphatic carbocycles. The first-order valence-electron chi connectivity index (χ1n) is 8.84. The van der Waals surface area contributed by atoms with E-state index in [-0.39, 0.29) is 5.41 Å². The monoisotopic (exact) mass is 308 g/mol. The summed E-state index contributed by atoms with van der Waals surface area (Å²) in [4.78, 5) is 0. The second-order valence-corrected chi connectivity index (χ2v) is 6.60. The summed E-state index contributed by atoms with van der Waals surface area (Å²) in [6, 6.07) is 22.3. The molecule has 1 aliphatic heterocycles. The summed E-state index contributed by atoms with van der Waals surface area (Å²) < 4.78 is 0. The lowest BCUT2D eigenvalue weighted by atomic mass is 9.61. The van der Waals surface area contributed by atoms with Gasteiger partial charge in [0.2, 0.25) is 0 Å². The molecule has 0 spiro atoms. The summed E-state index contributed by atoms with van der Waals surface area (Å²) in [5.41, 5.74) is 3.09. The molecule has 122 valence electrons. The van der Waals surface area contributed by atoms with Gasteiger partial charge in [0, 0.05) is 5.41 Å². The minimum Gasteiger partial charge on any atom is -0.320 e. The maximum atomic E-state index is 3.64. The molecule has 0 bridgehead atoms. The van der Waals surface area contributed by atoms with E-state index in [0.717, 1.165) is 19.6 Å². The quantitative estimate of drug-likeness (QED) is 0.797. The zero-order valence-electron chi connectivity index (χ0n) is 14.1. The van der Waals surface area contributed by atoms with Crippen LogP contribution in [-0.4, -0.2) is 26.7 Å². The van der Waals surface area contributed by atoms with Crippen LogP contribution in [-0.2, 0) is 5.41 Å². The molecule has 23 heavy (non-hydrogen) atoms. The molecule has 2 aromatic rings. The summed E-state index contributed by atoms with van der Waals surface area (Å²) in [5, 5.41) is 6.93. The predicted molar refractivity (Wildman–Crippen MR) is 97.8 cm³/mol. The maximum absolute atomic E-state index is 3.64. The van der Waals surface area contributed by atoms with Gasteiger partial charge >= 0.3 is 0 Å². The van der Waals surface area contributed by atoms with Crippen LogP contribution >= 0.6 is 0 Å². The number of piperidine rings is 1. The molecule has 2 heteroatoms. The van der Waals surface area contributed by atoms with Gasteiger partial charge in [-0.2, -0.15) is 0 Å². The van der Waals surface area contributed by atoms with Gasteiger partial charge in [-0.3, -0.25) is 0 Å². The van der Waals surface area contributed by atoms with Crippen LogP contribution < -0.4 is 10.6 Å². The van der Waals surface area contributed by atoms with Crippen LogP contribution in [0.15, 0.2) is 60.7 Å². The van der Waals surface area contributed by atoms with E-state index in [1.807, 2.05) is 7.05 Å². The van der Waals surface area contributed by atoms with E-state index in [4.69, 9.17) is 0 Å². The molecule has 1 heterocycles. The van der Waals surface area contributed by atoms with Crippen molar-refractivity contribution in [3.63, 3.8) is 0 Å². The second-order valence-electron chi connectivity index (χ2n) is 6.60. The minimum absolute atomic E-state index is 0.140. The van der Waals surface area contributed by atoms with Crippen molar-refractivity contribution < 1.29 is 0 Å². The molecule has 1 fully saturated rings. The lowest BCUT2D eigenvalue weighted by Gasteiger charge is -2.46. The molecule has 2 aromatic carbocycles. The van der Waals surface area contributed by atoms with E-state index < -0.39 is 0 Å². The smallest absolute Gasteiger partial charge is 0.0255 e. The highest BCUT2D eigenvalue weighted by atomic mass is 14.9. The fourth-order valence-corrected chi connectivity index (χ4v) is 4.21. The van der Waals surface area contributed by atoms with E-state index >= 15 is 0 Å². The molecule has 1 saturated heterocycles. The summed E-state index contributed by atoms with van der Waals surface area (Å²) in [5.74, 6) is 0.634. The van der Waals surface area contributed by atoms with E-state index in [0.29, 0.717) is 5.92 Å². The van der Waals surface area contributed by atoms with Gasteiger partial charge in [-0.1, -0.05) is 60.7 Å². The third-order valence-corrected chi connectivity index (χ3v) is 5.34. The summed E-state index contributed by atoms with van der Waals surface area (Å²) in [6.07, 6.45) is 3.65. The van der Waals surface area contributed by atoms with E-state index in [2.05, 4.69) is 71.3 Å². The maximum Gasteiger partial charge on any atom is 0.0255 e. The Balaban J connectivity index is 2.02. The van der Waals surface area contributed by atoms with Crippen LogP contribution in [0.4, 0.5) is 0 Å². The molecule has 0 saturated carbocycles. The van der Waals surface area contributed by atoms with E-state index in [1.165, 1.54) is 30.4 Å². The van der Waals surface area contributed by atoms with Gasteiger partial charge in [0.15, 0.2) is 0 Å². The fraction of sp³-hybridized carbons (Fsp3) is 0.429. The highest BCUT2D eigenvalue weighted by Gasteiger charge is 2.42. The molecular weight excluding hydrogens is 280 g/mol. The van der Waals surface area contributed by atoms with E-state index in [9.17, 15) is 0 Å². The van der Waals surface area contributed by atoms with Crippen LogP contribution in [0.1, 0.15) is 30.4 Å². The first-order valence-corrected chi connectivity index (χ1v) is 8.84. The molecular formula is C21H28N2. The van der Waals surface area contributed by atoms with Crippen LogP contribution in [0.5, 0.6) is 0 Å². The average molecular weight is 308 g/mol. The lowest BCUT2D eigenvalue weighted by molar-refractivity contribution is 0.225. The van der Waals surface area contributed by atoms with Crippen molar-refractivity contribution in [2.24, 2.45) is 5.92 Å². The Labute approximate surface area is 140 Å². The normalized spacial score (nSPS) is 20.3. The lowest BCUT2D eigenvalue weighted by Crippen LogP contribution is -2.49. The number of rotatable bonds is 6. The van der Waals surface area contributed by atoms with Crippen LogP contribution in [0.2, 0.25) is 0 Å². The van der Waals surface area contributed by atoms with Gasteiger partial charge in [0.1, 0.15) is 0 Å². The van der Waals surface area contributed by atoms with Crippen LogP contribution in [0.3, 0.4) is 0 Å². The topological polar surface area (TPSA) is 24.1 Å². The van der Waals surface area contributed by atoms with Gasteiger partial charge < -0.3 is 10.6 Å². The van der Waals surface area contributed by atoms with Gasteiger partial charge in [0.05, 0.1) is 0 Å². The predicted octanol–water partition coefficient (Wildman–Crippen LogP) is 3.58. The Morgan fingerprint density at radius 1 is 1.00 bits per heavy atom. The van der Waals surface area contributed by atoms with Crippen molar-refractivity contribution in [3.05, 3.63) is 71.8 Å². The Bertz CT molecular complexity index is 540. The zero-order valence-corrected chi connectivity index (χ0v) is 14.1. The molecule has 1 aliphatic rings. The Hall–Kier alpha value is -1.64. The van der Waals surface area contributed by atoms with Crippen molar-refractivity contribution in [3.8, 4) is 0 Å². The fourth-order valence-electron chi connectivity index (χ4n) is 4.21. The molecule has 3 rings (SSSR count). The Morgan fingerprint density at radius 3 is 2.17 bits per heavy atom. The van der Waals surface area contributed by atoms with Crippen molar-refractivity contribution in [2.45, 2.75) is 24.7 Å². The SMILES string of the molecule is CNCCCC1CNCCC1(c1ccccc1)c1ccccc1. The van der Waals surface area contributed by atoms with Gasteiger partial charge in [-0.15, -0.1) is 0 Å². The van der Waals surface area contributed by atoms with Gasteiger partial charge in [0.25, 0.3) is 0 Å². The third-order valence-electron chi connectivity index (χ3n) is 5.34. The van der Waals surface area contributed by atoms with Crippen LogP contribution in [0, 0.1) is 5.92 Å². The number of hydrogen-bond donors (Lipinski definition) is 2. The Morgan fingerprint density at radius 2 is 1.61 bits per heavy atom. The molecule has 1 unspecified atom stereocenters. The minimum atomic E-state index is 0.140. The second kappa shape index (κ2) is 7.76. The van der Waals surface area contributed by atoms with E-state index in [1.54, 1.807) is 0 Å². The first kappa shape index (κ1) is 16.2. The van der Waals surface area contributed by atoms with Crippen molar-refractivity contribution in [1.82, 2.24) is 10.6 Å². The number of benzene rings is 2. The molecule has 2 N–H and O–H groups in total. The average Bonchev–Trinajstić information content (AvgIpc) is 2.64.